The molecule has 8 rings (SSSR count). The molecule has 10 atom stereocenters. The highest BCUT2D eigenvalue weighted by atomic mass is 35.5. The molecule has 2 unspecified atom stereocenters. The van der Waals surface area contributed by atoms with E-state index < -0.39 is 79.2 Å². The molecule has 3 saturated heterocycles. The number of nitrogens with two attached hydrogens (primary N) is 1. The Labute approximate surface area is 377 Å². The predicted octanol–water partition coefficient (Wildman–Crippen LogP) is 6.69. The van der Waals surface area contributed by atoms with Gasteiger partial charge in [-0.05, 0) is 89.9 Å². The normalized spacial score (nSPS) is 32.8. The van der Waals surface area contributed by atoms with Gasteiger partial charge >= 0.3 is 13.4 Å². The minimum atomic E-state index is -4.22. The van der Waals surface area contributed by atoms with Gasteiger partial charge in [-0.1, -0.05) is 41.5 Å². The molecular weight excluding hydrogens is 936 g/mol. The Balaban J connectivity index is 1.21. The van der Waals surface area contributed by atoms with Crippen molar-refractivity contribution in [3.63, 3.8) is 0 Å². The number of aromatic nitrogens is 7. The van der Waals surface area contributed by atoms with Crippen molar-refractivity contribution in [3.8, 4) is 0 Å². The molecule has 19 nitrogen and oxygen atoms in total. The Bertz CT molecular complexity index is 2460. The second-order valence-electron chi connectivity index (χ2n) is 19.2. The third kappa shape index (κ3) is 8.98. The van der Waals surface area contributed by atoms with Crippen molar-refractivity contribution in [1.29, 1.82) is 0 Å². The van der Waals surface area contributed by atoms with Crippen LogP contribution in [0.3, 0.4) is 0 Å². The smallest absolute Gasteiger partial charge is 0.325 e. The largest absolute Gasteiger partial charge is 0.408 e. The molecule has 2 bridgehead atoms. The van der Waals surface area contributed by atoms with Gasteiger partial charge in [-0.15, -0.1) is 0 Å². The van der Waals surface area contributed by atoms with Crippen molar-refractivity contribution in [2.45, 2.75) is 140 Å². The van der Waals surface area contributed by atoms with E-state index in [4.69, 9.17) is 82.4 Å². The van der Waals surface area contributed by atoms with Gasteiger partial charge in [0.25, 0.3) is 0 Å². The number of hydrogen-bond donors (Lipinski definition) is 4. The number of anilines is 2. The summed E-state index contributed by atoms with van der Waals surface area (Å²) in [5.74, 6) is 0.783. The Morgan fingerprint density at radius 3 is 2.11 bits per heavy atom. The van der Waals surface area contributed by atoms with Gasteiger partial charge in [-0.25, -0.2) is 15.0 Å². The van der Waals surface area contributed by atoms with Crippen molar-refractivity contribution in [1.82, 2.24) is 34.1 Å². The Morgan fingerprint density at radius 2 is 1.45 bits per heavy atom. The summed E-state index contributed by atoms with van der Waals surface area (Å²) in [5.41, 5.74) is 8.36. The zero-order valence-corrected chi connectivity index (χ0v) is 42.5. The first kappa shape index (κ1) is 46.9. The van der Waals surface area contributed by atoms with Gasteiger partial charge in [-0.3, -0.25) is 13.6 Å². The van der Waals surface area contributed by atoms with Crippen molar-refractivity contribution in [2.24, 2.45) is 0 Å². The summed E-state index contributed by atoms with van der Waals surface area (Å²) in [6.45, 7) is 12.7. The number of nitrogen functional groups attached to an aromatic ring is 1. The number of rotatable bonds is 6. The Morgan fingerprint density at radius 1 is 0.839 bits per heavy atom. The number of fused-ring (bicyclic) bond motifs is 4. The zero-order valence-electron chi connectivity index (χ0n) is 36.3. The monoisotopic (exact) mass is 991 g/mol. The molecule has 3 fully saturated rings. The topological polar surface area (TPSA) is 227 Å². The molecule has 4 aliphatic heterocycles. The molecule has 4 aromatic rings. The number of aryl methyl sites for hydroxylation is 1. The maximum Gasteiger partial charge on any atom is 0.325 e. The van der Waals surface area contributed by atoms with E-state index in [0.717, 1.165) is 36.2 Å². The number of nitrogens with one attached hydrogen (secondary N) is 1. The lowest BCUT2D eigenvalue weighted by Gasteiger charge is -2.41. The number of imidazole rings is 1. The molecule has 0 aromatic carbocycles. The number of ether oxygens (including phenoxy) is 2. The van der Waals surface area contributed by atoms with E-state index in [-0.39, 0.29) is 45.6 Å². The predicted molar refractivity (Wildman–Crippen MR) is 246 cm³/mol. The Kier molecular flexibility index (Phi) is 12.6. The molecule has 26 heteroatoms. The van der Waals surface area contributed by atoms with Gasteiger partial charge in [0.2, 0.25) is 5.28 Å². The first-order valence-corrected chi connectivity index (χ1v) is 31.9. The van der Waals surface area contributed by atoms with Crippen molar-refractivity contribution >= 4 is 99.1 Å². The molecule has 0 saturated carbocycles. The van der Waals surface area contributed by atoms with Crippen LogP contribution in [0.15, 0.2) is 18.9 Å². The molecule has 0 spiro atoms. The third-order valence-corrected chi connectivity index (χ3v) is 25.2. The molecule has 8 heterocycles. The zero-order chi connectivity index (χ0) is 44.9. The Hall–Kier alpha value is -1.61. The fraction of sp³-hybridized carbons (Fsp3) is 0.694. The van der Waals surface area contributed by atoms with Crippen LogP contribution in [0.25, 0.3) is 22.2 Å². The van der Waals surface area contributed by atoms with Crippen LogP contribution in [-0.2, 0) is 66.5 Å². The molecule has 342 valence electrons. The highest BCUT2D eigenvalue weighted by molar-refractivity contribution is 8.07. The van der Waals surface area contributed by atoms with Crippen molar-refractivity contribution in [3.05, 3.63) is 29.7 Å². The van der Waals surface area contributed by atoms with E-state index in [2.05, 4.69) is 93.0 Å². The van der Waals surface area contributed by atoms with Crippen LogP contribution < -0.4 is 11.1 Å². The molecule has 4 aliphatic rings. The van der Waals surface area contributed by atoms with Gasteiger partial charge < -0.3 is 52.8 Å². The SMILES string of the molecule is CC(C)(C)[Si](C)(C)O[C@@H]1[C@@H]2OP(O)(=S)OC[C@H]3O[C@@H](n4cnc5c(N)nc(Cl)nc54)[C@H](OP(O)(=S)OC[C@H]2O[C@H]1n1cc2c4c(ncnc41)NCCC2)[C@@H]3O[Si](C)(C)C(C)(C)C. The minimum absolute atomic E-state index is 0.0520. The average Bonchev–Trinajstić information content (AvgIpc) is 3.86. The van der Waals surface area contributed by atoms with Crippen LogP contribution in [0.5, 0.6) is 0 Å². The van der Waals surface area contributed by atoms with E-state index >= 15 is 0 Å². The third-order valence-electron chi connectivity index (χ3n) is 12.9. The molecule has 0 amide bonds. The van der Waals surface area contributed by atoms with Crippen LogP contribution >= 0.6 is 25.0 Å². The molecular formula is C36H56ClN9O10P2S2Si2. The highest BCUT2D eigenvalue weighted by Gasteiger charge is 2.57. The highest BCUT2D eigenvalue weighted by Crippen LogP contribution is 2.56. The van der Waals surface area contributed by atoms with Gasteiger partial charge in [0.1, 0.15) is 59.9 Å². The lowest BCUT2D eigenvalue weighted by Crippen LogP contribution is -2.50. The standard InChI is InChI=1S/C36H56ClN9O10P2S2Si2/c1-35(2,3)61(7,8)55-25-21-16-50-57(47,59)53-24-20(15-49-58(48,60)54-26(25)32(52-21)46-18-42-23-28(38)43-34(37)44-31(23)46)51-33(27(24)56-62(9,10)36(4,5)6)45-14-19-12-11-13-39-29-22(19)30(45)41-17-40-29/h14,17-18,20-21,24-27,32-33H,11-13,15-16H2,1-10H3,(H,47,59)(H,48,60)(H2,38,43,44)(H,39,40,41)/t20-,21-,24-,25-,26-,27-,32-,33-,57?,58?/m1/s1. The lowest BCUT2D eigenvalue weighted by molar-refractivity contribution is -0.0604. The minimum Gasteiger partial charge on any atom is -0.408 e. The summed E-state index contributed by atoms with van der Waals surface area (Å²) in [7, 11) is -5.27. The second-order valence-corrected chi connectivity index (χ2v) is 34.6. The quantitative estimate of drug-likeness (QED) is 0.0896. The number of halogens is 1. The maximum atomic E-state index is 12.1. The van der Waals surface area contributed by atoms with Crippen molar-refractivity contribution in [2.75, 3.05) is 30.8 Å². The summed E-state index contributed by atoms with van der Waals surface area (Å²) in [5, 5.41) is 3.67. The van der Waals surface area contributed by atoms with E-state index in [0.29, 0.717) is 5.65 Å². The van der Waals surface area contributed by atoms with E-state index in [1.54, 1.807) is 4.57 Å². The van der Waals surface area contributed by atoms with Crippen LogP contribution in [0.4, 0.5) is 11.6 Å². The van der Waals surface area contributed by atoms with Crippen LogP contribution in [0.2, 0.25) is 41.5 Å². The summed E-state index contributed by atoms with van der Waals surface area (Å²) < 4.78 is 56.8. The van der Waals surface area contributed by atoms with Gasteiger partial charge in [0.15, 0.2) is 40.6 Å². The fourth-order valence-electron chi connectivity index (χ4n) is 7.64. The molecule has 62 heavy (non-hydrogen) atoms. The van der Waals surface area contributed by atoms with Gasteiger partial charge in [-0.2, -0.15) is 9.97 Å². The van der Waals surface area contributed by atoms with E-state index in [1.165, 1.54) is 12.7 Å². The summed E-state index contributed by atoms with van der Waals surface area (Å²) in [6, 6.07) is 0. The first-order valence-electron chi connectivity index (χ1n) is 20.5. The van der Waals surface area contributed by atoms with Crippen LogP contribution in [0.1, 0.15) is 66.0 Å². The molecule has 0 aliphatic carbocycles. The van der Waals surface area contributed by atoms with E-state index in [9.17, 15) is 9.79 Å². The van der Waals surface area contributed by atoms with Crippen LogP contribution in [0, 0.1) is 0 Å². The summed E-state index contributed by atoms with van der Waals surface area (Å²) >= 11 is 17.9. The van der Waals surface area contributed by atoms with Crippen LogP contribution in [-0.4, -0.2) is 117 Å². The fourth-order valence-corrected chi connectivity index (χ4v) is 13.3. The van der Waals surface area contributed by atoms with Crippen molar-refractivity contribution < 1.29 is 46.2 Å². The average molecular weight is 993 g/mol. The van der Waals surface area contributed by atoms with E-state index in [1.807, 2.05) is 10.8 Å². The molecule has 0 radical (unpaired) electrons. The maximum absolute atomic E-state index is 12.1. The number of hydrogen-bond acceptors (Lipinski definition) is 17. The summed E-state index contributed by atoms with van der Waals surface area (Å²) in [4.78, 5) is 46.3. The molecule has 5 N–H and O–H groups in total. The second kappa shape index (κ2) is 16.6. The number of nitrogens with zero attached hydrogens (tertiary/aromatic N) is 7. The summed E-state index contributed by atoms with van der Waals surface area (Å²) in [6.07, 6.45) is -1.32. The lowest BCUT2D eigenvalue weighted by atomic mass is 10.1. The van der Waals surface area contributed by atoms with Gasteiger partial charge in [0, 0.05) is 12.7 Å². The first-order chi connectivity index (χ1) is 28.8. The van der Waals surface area contributed by atoms with Gasteiger partial charge in [0.05, 0.1) is 24.9 Å². The molecule has 4 aromatic heterocycles.